The highest BCUT2D eigenvalue weighted by Crippen LogP contribution is 2.29. The highest BCUT2D eigenvalue weighted by atomic mass is 32.2. The van der Waals surface area contributed by atoms with Gasteiger partial charge in [0.2, 0.25) is 0 Å². The third-order valence-corrected chi connectivity index (χ3v) is 6.51. The van der Waals surface area contributed by atoms with Gasteiger partial charge in [-0.15, -0.1) is 0 Å². The molecule has 0 atom stereocenters. The molecule has 0 radical (unpaired) electrons. The summed E-state index contributed by atoms with van der Waals surface area (Å²) in [4.78, 5) is 5.02. The van der Waals surface area contributed by atoms with E-state index in [-0.39, 0.29) is 5.92 Å². The number of rotatable bonds is 3. The van der Waals surface area contributed by atoms with E-state index < -0.39 is 10.0 Å². The van der Waals surface area contributed by atoms with Crippen LogP contribution < -0.4 is 0 Å². The number of benzene rings is 1. The Labute approximate surface area is 149 Å². The zero-order valence-corrected chi connectivity index (χ0v) is 16.4. The van der Waals surface area contributed by atoms with Crippen molar-refractivity contribution in [2.24, 2.45) is 0 Å². The minimum atomic E-state index is -3.71. The molecular formula is C20H24N2O2S. The summed E-state index contributed by atoms with van der Waals surface area (Å²) in [6.45, 7) is 11.7. The maximum atomic E-state index is 13.4. The second-order valence-electron chi connectivity index (χ2n) is 7.10. The highest BCUT2D eigenvalue weighted by molar-refractivity contribution is 7.90. The van der Waals surface area contributed by atoms with Gasteiger partial charge in [0.15, 0.2) is 5.65 Å². The number of aromatic nitrogens is 2. The SMILES string of the molecule is Cc1cc(C)c(S(=O)(=O)n2cc(C)c3ccc(C(C)C)nc32)c(C)c1. The van der Waals surface area contributed by atoms with Crippen LogP contribution in [-0.4, -0.2) is 17.4 Å². The molecule has 0 spiro atoms. The van der Waals surface area contributed by atoms with Gasteiger partial charge in [0.05, 0.1) is 4.90 Å². The molecule has 132 valence electrons. The molecule has 1 aromatic carbocycles. The molecule has 2 aromatic heterocycles. The lowest BCUT2D eigenvalue weighted by Crippen LogP contribution is -2.16. The summed E-state index contributed by atoms with van der Waals surface area (Å²) >= 11 is 0. The summed E-state index contributed by atoms with van der Waals surface area (Å²) in [7, 11) is -3.71. The topological polar surface area (TPSA) is 52.0 Å². The summed E-state index contributed by atoms with van der Waals surface area (Å²) in [6.07, 6.45) is 1.68. The molecule has 2 heterocycles. The van der Waals surface area contributed by atoms with E-state index >= 15 is 0 Å². The van der Waals surface area contributed by atoms with E-state index in [1.807, 2.05) is 52.0 Å². The van der Waals surface area contributed by atoms with Crippen molar-refractivity contribution in [3.05, 3.63) is 58.4 Å². The van der Waals surface area contributed by atoms with Gasteiger partial charge in [-0.3, -0.25) is 0 Å². The van der Waals surface area contributed by atoms with E-state index in [9.17, 15) is 8.42 Å². The molecule has 0 aliphatic carbocycles. The fourth-order valence-corrected chi connectivity index (χ4v) is 5.21. The lowest BCUT2D eigenvalue weighted by molar-refractivity contribution is 0.587. The first-order valence-electron chi connectivity index (χ1n) is 8.45. The van der Waals surface area contributed by atoms with Crippen LogP contribution in [0.25, 0.3) is 11.0 Å². The predicted molar refractivity (Wildman–Crippen MR) is 102 cm³/mol. The third-order valence-electron chi connectivity index (χ3n) is 4.55. The van der Waals surface area contributed by atoms with Crippen molar-refractivity contribution in [3.8, 4) is 0 Å². The molecule has 0 bridgehead atoms. The summed E-state index contributed by atoms with van der Waals surface area (Å²) in [5, 5.41) is 0.871. The molecule has 4 nitrogen and oxygen atoms in total. The lowest BCUT2D eigenvalue weighted by Gasteiger charge is -2.14. The van der Waals surface area contributed by atoms with Crippen molar-refractivity contribution in [2.45, 2.75) is 52.4 Å². The third kappa shape index (κ3) is 2.86. The van der Waals surface area contributed by atoms with E-state index in [0.29, 0.717) is 10.5 Å². The van der Waals surface area contributed by atoms with Gasteiger partial charge in [-0.1, -0.05) is 31.5 Å². The predicted octanol–water partition coefficient (Wildman–Crippen LogP) is 4.63. The van der Waals surface area contributed by atoms with Crippen LogP contribution in [-0.2, 0) is 10.0 Å². The first-order valence-corrected chi connectivity index (χ1v) is 9.89. The van der Waals surface area contributed by atoms with Crippen LogP contribution in [0.5, 0.6) is 0 Å². The maximum Gasteiger partial charge on any atom is 0.269 e. The Morgan fingerprint density at radius 2 is 1.56 bits per heavy atom. The molecule has 25 heavy (non-hydrogen) atoms. The first-order chi connectivity index (χ1) is 11.6. The van der Waals surface area contributed by atoms with E-state index in [4.69, 9.17) is 0 Å². The number of hydrogen-bond acceptors (Lipinski definition) is 3. The minimum Gasteiger partial charge on any atom is -0.234 e. The van der Waals surface area contributed by atoms with Gasteiger partial charge in [-0.2, -0.15) is 0 Å². The zero-order valence-electron chi connectivity index (χ0n) is 15.6. The standard InChI is InChI=1S/C20H24N2O2S/c1-12(2)18-8-7-17-16(6)11-22(20(17)21-18)25(23,24)19-14(4)9-13(3)10-15(19)5/h7-12H,1-6H3. The van der Waals surface area contributed by atoms with Crippen LogP contribution in [0, 0.1) is 27.7 Å². The summed E-state index contributed by atoms with van der Waals surface area (Å²) < 4.78 is 28.2. The Morgan fingerprint density at radius 1 is 0.960 bits per heavy atom. The normalized spacial score (nSPS) is 12.3. The molecule has 0 aliphatic rings. The number of hydrogen-bond donors (Lipinski definition) is 0. The van der Waals surface area contributed by atoms with Gasteiger partial charge < -0.3 is 0 Å². The van der Waals surface area contributed by atoms with Crippen LogP contribution in [0.15, 0.2) is 35.4 Å². The van der Waals surface area contributed by atoms with Crippen LogP contribution in [0.2, 0.25) is 0 Å². The van der Waals surface area contributed by atoms with E-state index in [1.54, 1.807) is 6.20 Å². The molecule has 3 aromatic rings. The molecule has 3 rings (SSSR count). The van der Waals surface area contributed by atoms with Crippen molar-refractivity contribution in [1.82, 2.24) is 8.96 Å². The van der Waals surface area contributed by atoms with Crippen molar-refractivity contribution >= 4 is 21.1 Å². The smallest absolute Gasteiger partial charge is 0.234 e. The van der Waals surface area contributed by atoms with E-state index in [2.05, 4.69) is 18.8 Å². The fourth-order valence-electron chi connectivity index (χ4n) is 3.42. The van der Waals surface area contributed by atoms with Gasteiger partial charge >= 0.3 is 0 Å². The Balaban J connectivity index is 2.34. The zero-order chi connectivity index (χ0) is 18.5. The van der Waals surface area contributed by atoms with E-state index in [0.717, 1.165) is 33.3 Å². The molecule has 0 aliphatic heterocycles. The molecule has 5 heteroatoms. The average Bonchev–Trinajstić information content (AvgIpc) is 2.83. The van der Waals surface area contributed by atoms with Gasteiger partial charge in [0, 0.05) is 17.3 Å². The molecule has 0 saturated carbocycles. The highest BCUT2D eigenvalue weighted by Gasteiger charge is 2.25. The molecule has 0 fully saturated rings. The van der Waals surface area contributed by atoms with Crippen LogP contribution in [0.4, 0.5) is 0 Å². The Hall–Kier alpha value is -2.14. The average molecular weight is 356 g/mol. The van der Waals surface area contributed by atoms with Crippen molar-refractivity contribution in [2.75, 3.05) is 0 Å². The quantitative estimate of drug-likeness (QED) is 0.687. The second-order valence-corrected chi connectivity index (χ2v) is 8.85. The van der Waals surface area contributed by atoms with Crippen LogP contribution >= 0.6 is 0 Å². The van der Waals surface area contributed by atoms with Gasteiger partial charge in [-0.05, 0) is 62.4 Å². The molecule has 0 N–H and O–H groups in total. The number of pyridine rings is 1. The maximum absolute atomic E-state index is 13.4. The summed E-state index contributed by atoms with van der Waals surface area (Å²) in [6, 6.07) is 7.75. The first kappa shape index (κ1) is 17.7. The molecular weight excluding hydrogens is 332 g/mol. The Morgan fingerprint density at radius 3 is 2.12 bits per heavy atom. The Kier molecular flexibility index (Phi) is 4.23. The number of fused-ring (bicyclic) bond motifs is 1. The molecule has 0 saturated heterocycles. The molecule has 0 amide bonds. The molecule has 0 unspecified atom stereocenters. The van der Waals surface area contributed by atoms with Crippen molar-refractivity contribution in [1.29, 1.82) is 0 Å². The van der Waals surface area contributed by atoms with Gasteiger partial charge in [0.1, 0.15) is 0 Å². The second kappa shape index (κ2) is 5.99. The number of nitrogens with zero attached hydrogens (tertiary/aromatic N) is 2. The summed E-state index contributed by atoms with van der Waals surface area (Å²) in [5.74, 6) is 0.235. The van der Waals surface area contributed by atoms with Gasteiger partial charge in [-0.25, -0.2) is 17.4 Å². The minimum absolute atomic E-state index is 0.235. The van der Waals surface area contributed by atoms with Gasteiger partial charge in [0.25, 0.3) is 10.0 Å². The van der Waals surface area contributed by atoms with Crippen molar-refractivity contribution < 1.29 is 8.42 Å². The summed E-state index contributed by atoms with van der Waals surface area (Å²) in [5.41, 5.74) is 4.88. The Bertz CT molecular complexity index is 1050. The van der Waals surface area contributed by atoms with Crippen LogP contribution in [0.3, 0.4) is 0 Å². The lowest BCUT2D eigenvalue weighted by atomic mass is 10.1. The monoisotopic (exact) mass is 356 g/mol. The fraction of sp³-hybridized carbons (Fsp3) is 0.350. The van der Waals surface area contributed by atoms with E-state index in [1.165, 1.54) is 3.97 Å². The van der Waals surface area contributed by atoms with Crippen molar-refractivity contribution in [3.63, 3.8) is 0 Å². The number of aryl methyl sites for hydroxylation is 4. The van der Waals surface area contributed by atoms with Crippen LogP contribution in [0.1, 0.15) is 47.7 Å². The largest absolute Gasteiger partial charge is 0.269 e.